The summed E-state index contributed by atoms with van der Waals surface area (Å²) in [6, 6.07) is -2.56. The predicted molar refractivity (Wildman–Crippen MR) is 116 cm³/mol. The lowest BCUT2D eigenvalue weighted by molar-refractivity contribution is -0.140. The number of hydrogen-bond acceptors (Lipinski definition) is 7. The van der Waals surface area contributed by atoms with Crippen molar-refractivity contribution in [1.29, 1.82) is 0 Å². The van der Waals surface area contributed by atoms with Crippen LogP contribution in [0.25, 0.3) is 0 Å². The van der Waals surface area contributed by atoms with Crippen LogP contribution in [-0.4, -0.2) is 78.3 Å². The fourth-order valence-electron chi connectivity index (χ4n) is 2.26. The minimum atomic E-state index is -1.46. The highest BCUT2D eigenvalue weighted by molar-refractivity contribution is 5.96. The normalized spacial score (nSPS) is 11.8. The van der Waals surface area contributed by atoms with E-state index in [9.17, 15) is 28.8 Å². The Morgan fingerprint density at radius 2 is 1.48 bits per heavy atom. The van der Waals surface area contributed by atoms with Crippen LogP contribution in [0.15, 0.2) is 17.1 Å². The molecule has 0 aliphatic heterocycles. The molecule has 0 aromatic rings. The lowest BCUT2D eigenvalue weighted by Gasteiger charge is -2.19. The quantitative estimate of drug-likeness (QED) is 0.0498. The highest BCUT2D eigenvalue weighted by atomic mass is 16.4. The topological polar surface area (TPSA) is 261 Å². The van der Waals surface area contributed by atoms with Crippen molar-refractivity contribution in [2.24, 2.45) is 22.2 Å². The van der Waals surface area contributed by atoms with Crippen LogP contribution in [0.4, 0.5) is 0 Å². The van der Waals surface area contributed by atoms with Crippen molar-refractivity contribution in [3.63, 3.8) is 0 Å². The van der Waals surface area contributed by atoms with Crippen LogP contribution in [-0.2, 0) is 28.8 Å². The molecule has 0 bridgehead atoms. The number of aliphatic carboxylic acids is 1. The predicted octanol–water partition coefficient (Wildman–Crippen LogP) is -4.22. The minimum Gasteiger partial charge on any atom is -0.481 e. The molecule has 0 fully saturated rings. The number of aliphatic imine (C=N–C) groups is 1. The van der Waals surface area contributed by atoms with E-state index < -0.39 is 67.1 Å². The number of amides is 5. The first kappa shape index (κ1) is 28.8. The van der Waals surface area contributed by atoms with Crippen LogP contribution in [0.3, 0.4) is 0 Å². The third-order valence-corrected chi connectivity index (χ3v) is 3.87. The Balaban J connectivity index is 4.96. The van der Waals surface area contributed by atoms with E-state index in [1.807, 2.05) is 0 Å². The Labute approximate surface area is 189 Å². The molecule has 0 saturated carbocycles. The van der Waals surface area contributed by atoms with Gasteiger partial charge in [0, 0.05) is 12.1 Å². The van der Waals surface area contributed by atoms with Crippen LogP contribution in [0.5, 0.6) is 0 Å². The van der Waals surface area contributed by atoms with Gasteiger partial charge in [-0.05, 0) is 19.8 Å². The Kier molecular flexibility index (Phi) is 12.9. The Morgan fingerprint density at radius 3 is 1.97 bits per heavy atom. The van der Waals surface area contributed by atoms with Gasteiger partial charge in [-0.2, -0.15) is 0 Å². The summed E-state index contributed by atoms with van der Waals surface area (Å²) < 4.78 is 0. The van der Waals surface area contributed by atoms with Crippen molar-refractivity contribution in [3.05, 3.63) is 12.2 Å². The van der Waals surface area contributed by atoms with Crippen molar-refractivity contribution in [2.75, 3.05) is 19.6 Å². The van der Waals surface area contributed by atoms with E-state index in [1.54, 1.807) is 0 Å². The molecule has 0 aliphatic rings. The van der Waals surface area contributed by atoms with Gasteiger partial charge in [-0.25, -0.2) is 0 Å². The van der Waals surface area contributed by atoms with Crippen molar-refractivity contribution in [1.82, 2.24) is 21.3 Å². The smallest absolute Gasteiger partial charge is 0.305 e. The van der Waals surface area contributed by atoms with Crippen LogP contribution in [0.1, 0.15) is 26.2 Å². The Bertz CT molecular complexity index is 808. The SMILES string of the molecule is C=C(C)C(=O)NCC(=O)N[C@@H](CCCN=C(N)N)C(=O)NCC(=O)N[C@@H](CC(=O)O)C(N)=O. The second-order valence-electron chi connectivity index (χ2n) is 6.87. The average Bonchev–Trinajstić information content (AvgIpc) is 2.71. The zero-order valence-corrected chi connectivity index (χ0v) is 18.2. The molecule has 2 atom stereocenters. The molecule has 0 aromatic carbocycles. The summed E-state index contributed by atoms with van der Waals surface area (Å²) in [6.07, 6.45) is -0.343. The fourth-order valence-corrected chi connectivity index (χ4v) is 2.26. The lowest BCUT2D eigenvalue weighted by Crippen LogP contribution is -2.53. The monoisotopic (exact) mass is 470 g/mol. The van der Waals surface area contributed by atoms with Gasteiger partial charge in [-0.3, -0.25) is 33.8 Å². The minimum absolute atomic E-state index is 0.0906. The standard InChI is InChI=1S/C18H30N8O7/c1-9(2)16(32)23-7-12(27)25-10(4-3-5-22-18(20)21)17(33)24-8-13(28)26-11(15(19)31)6-14(29)30/h10-11H,1,3-8H2,2H3,(H2,19,31)(H,23,32)(H,24,33)(H,25,27)(H,26,28)(H,29,30)(H4,20,21,22)/t10-,11-/m0/s1. The molecule has 0 unspecified atom stereocenters. The number of guanidine groups is 1. The van der Waals surface area contributed by atoms with E-state index in [-0.39, 0.29) is 24.5 Å². The van der Waals surface area contributed by atoms with E-state index in [0.717, 1.165) is 0 Å². The van der Waals surface area contributed by atoms with Gasteiger partial charge >= 0.3 is 5.97 Å². The molecule has 0 spiro atoms. The van der Waals surface area contributed by atoms with Gasteiger partial charge in [-0.15, -0.1) is 0 Å². The molecule has 15 nitrogen and oxygen atoms in total. The maximum atomic E-state index is 12.5. The molecule has 0 rings (SSSR count). The van der Waals surface area contributed by atoms with Gasteiger partial charge in [0.05, 0.1) is 19.5 Å². The molecule has 184 valence electrons. The van der Waals surface area contributed by atoms with E-state index in [0.29, 0.717) is 6.42 Å². The van der Waals surface area contributed by atoms with Crippen LogP contribution in [0.2, 0.25) is 0 Å². The summed E-state index contributed by atoms with van der Waals surface area (Å²) in [6.45, 7) is 4.03. The molecule has 5 amide bonds. The third kappa shape index (κ3) is 13.7. The molecule has 11 N–H and O–H groups in total. The van der Waals surface area contributed by atoms with Crippen molar-refractivity contribution >= 4 is 41.5 Å². The molecule has 0 aromatic heterocycles. The summed E-state index contributed by atoms with van der Waals surface area (Å²) in [5, 5.41) is 17.8. The number of nitrogens with zero attached hydrogens (tertiary/aromatic N) is 1. The van der Waals surface area contributed by atoms with Crippen LogP contribution >= 0.6 is 0 Å². The zero-order valence-electron chi connectivity index (χ0n) is 18.2. The van der Waals surface area contributed by atoms with Crippen molar-refractivity contribution in [2.45, 2.75) is 38.3 Å². The number of carboxylic acid groups (broad SMARTS) is 1. The lowest BCUT2D eigenvalue weighted by atomic mass is 10.1. The Hall–Kier alpha value is -4.17. The zero-order chi connectivity index (χ0) is 25.6. The third-order valence-electron chi connectivity index (χ3n) is 3.87. The summed E-state index contributed by atoms with van der Waals surface area (Å²) in [5.74, 6) is -5.39. The number of nitrogens with one attached hydrogen (secondary N) is 4. The average molecular weight is 470 g/mol. The Morgan fingerprint density at radius 1 is 0.939 bits per heavy atom. The van der Waals surface area contributed by atoms with Gasteiger partial charge in [0.1, 0.15) is 12.1 Å². The second kappa shape index (κ2) is 14.8. The number of carbonyl (C=O) groups excluding carboxylic acids is 5. The number of rotatable bonds is 15. The first-order valence-corrected chi connectivity index (χ1v) is 9.70. The van der Waals surface area contributed by atoms with Gasteiger partial charge < -0.3 is 43.6 Å². The van der Waals surface area contributed by atoms with Gasteiger partial charge in [0.2, 0.25) is 29.5 Å². The van der Waals surface area contributed by atoms with Gasteiger partial charge in [-0.1, -0.05) is 6.58 Å². The number of nitrogens with two attached hydrogens (primary N) is 3. The first-order chi connectivity index (χ1) is 15.3. The van der Waals surface area contributed by atoms with Crippen molar-refractivity contribution in [3.8, 4) is 0 Å². The number of carbonyl (C=O) groups is 6. The summed E-state index contributed by atoms with van der Waals surface area (Å²) in [7, 11) is 0. The molecule has 15 heteroatoms. The number of hydrogen-bond donors (Lipinski definition) is 8. The number of primary amides is 1. The van der Waals surface area contributed by atoms with Crippen molar-refractivity contribution < 1.29 is 33.9 Å². The molecular weight excluding hydrogens is 440 g/mol. The number of carboxylic acids is 1. The van der Waals surface area contributed by atoms with Crippen LogP contribution < -0.4 is 38.5 Å². The van der Waals surface area contributed by atoms with Crippen LogP contribution in [0, 0.1) is 0 Å². The first-order valence-electron chi connectivity index (χ1n) is 9.70. The molecule has 0 heterocycles. The van der Waals surface area contributed by atoms with Gasteiger partial charge in [0.25, 0.3) is 0 Å². The summed E-state index contributed by atoms with van der Waals surface area (Å²) in [5.41, 5.74) is 15.7. The fraction of sp³-hybridized carbons (Fsp3) is 0.500. The maximum Gasteiger partial charge on any atom is 0.305 e. The van der Waals surface area contributed by atoms with E-state index in [1.165, 1.54) is 6.92 Å². The van der Waals surface area contributed by atoms with Gasteiger partial charge in [0.15, 0.2) is 5.96 Å². The molecule has 0 saturated heterocycles. The highest BCUT2D eigenvalue weighted by Crippen LogP contribution is 1.99. The van der Waals surface area contributed by atoms with E-state index in [2.05, 4.69) is 32.8 Å². The second-order valence-corrected chi connectivity index (χ2v) is 6.87. The molecule has 0 aliphatic carbocycles. The molecule has 33 heavy (non-hydrogen) atoms. The molecular formula is C18H30N8O7. The summed E-state index contributed by atoms with van der Waals surface area (Å²) in [4.78, 5) is 73.7. The summed E-state index contributed by atoms with van der Waals surface area (Å²) >= 11 is 0. The largest absolute Gasteiger partial charge is 0.481 e. The van der Waals surface area contributed by atoms with E-state index in [4.69, 9.17) is 22.3 Å². The van der Waals surface area contributed by atoms with E-state index >= 15 is 0 Å². The maximum absolute atomic E-state index is 12.5. The molecule has 0 radical (unpaired) electrons. The highest BCUT2D eigenvalue weighted by Gasteiger charge is 2.24.